The van der Waals surface area contributed by atoms with Crippen molar-refractivity contribution in [3.63, 3.8) is 0 Å². The molecule has 0 spiro atoms. The number of hydrogen-bond donors (Lipinski definition) is 0. The van der Waals surface area contributed by atoms with Gasteiger partial charge in [0.2, 0.25) is 0 Å². The predicted octanol–water partition coefficient (Wildman–Crippen LogP) is 3.34. The van der Waals surface area contributed by atoms with E-state index < -0.39 is 0 Å². The molecule has 1 aliphatic rings. The second-order valence-electron chi connectivity index (χ2n) is 5.22. The van der Waals surface area contributed by atoms with E-state index in [1.54, 1.807) is 18.4 Å². The number of carbonyl (C=O) groups excluding carboxylic acids is 1. The average Bonchev–Trinajstić information content (AvgIpc) is 2.70. The number of fused-ring (bicyclic) bond motifs is 1. The molecule has 0 N–H and O–H groups in total. The topological polar surface area (TPSA) is 43.6 Å². The lowest BCUT2D eigenvalue weighted by molar-refractivity contribution is -0.124. The summed E-state index contributed by atoms with van der Waals surface area (Å²) < 4.78 is 9.41. The van der Waals surface area contributed by atoms with Crippen molar-refractivity contribution < 1.29 is 9.53 Å². The molecule has 0 aliphatic heterocycles. The summed E-state index contributed by atoms with van der Waals surface area (Å²) in [6.45, 7) is 1.31. The molecule has 0 radical (unpaired) electrons. The van der Waals surface area contributed by atoms with Crippen molar-refractivity contribution in [2.45, 2.75) is 25.8 Å². The molecule has 0 saturated heterocycles. The number of amides is 1. The smallest absolute Gasteiger partial charge is 0.251 e. The summed E-state index contributed by atoms with van der Waals surface area (Å²) in [5.74, 6) is 0.163. The lowest BCUT2D eigenvalue weighted by Crippen LogP contribution is -2.25. The number of benzene rings is 1. The first-order valence-corrected chi connectivity index (χ1v) is 8.66. The Labute approximate surface area is 135 Å². The fourth-order valence-corrected chi connectivity index (χ4v) is 3.99. The lowest BCUT2D eigenvalue weighted by atomic mass is 9.85. The molecule has 1 aromatic carbocycles. The summed E-state index contributed by atoms with van der Waals surface area (Å²) in [6.07, 6.45) is 3.11. The zero-order valence-electron chi connectivity index (χ0n) is 11.8. The third-order valence-electron chi connectivity index (χ3n) is 3.82. The van der Waals surface area contributed by atoms with Crippen LogP contribution in [0.1, 0.15) is 19.3 Å². The summed E-state index contributed by atoms with van der Waals surface area (Å²) in [5, 5.41) is 0. The van der Waals surface area contributed by atoms with E-state index in [4.69, 9.17) is 4.74 Å². The molecule has 3 rings (SSSR count). The first-order valence-electron chi connectivity index (χ1n) is 7.05. The number of aromatic nitrogens is 1. The standard InChI is InChI=1S/C15H17BrN2O2S/c1-20-8-7-18-12-6-5-11(16)9-13(12)21-15(18)17-14(19)10-3-2-4-10/h5-6,9-10H,2-4,7-8H2,1H3. The predicted molar refractivity (Wildman–Crippen MR) is 87.3 cm³/mol. The van der Waals surface area contributed by atoms with Gasteiger partial charge in [-0.3, -0.25) is 4.79 Å². The first-order chi connectivity index (χ1) is 10.2. The Hall–Kier alpha value is -0.980. The summed E-state index contributed by atoms with van der Waals surface area (Å²) >= 11 is 5.05. The maximum Gasteiger partial charge on any atom is 0.251 e. The van der Waals surface area contributed by atoms with Crippen molar-refractivity contribution in [2.24, 2.45) is 10.9 Å². The molecule has 1 aliphatic carbocycles. The van der Waals surface area contributed by atoms with Crippen LogP contribution in [0, 0.1) is 5.92 Å². The number of carbonyl (C=O) groups is 1. The van der Waals surface area contributed by atoms with Gasteiger partial charge in [-0.05, 0) is 31.0 Å². The van der Waals surface area contributed by atoms with E-state index in [1.807, 2.05) is 6.07 Å². The number of ether oxygens (including phenoxy) is 1. The molecular weight excluding hydrogens is 352 g/mol. The van der Waals surface area contributed by atoms with Gasteiger partial charge in [0.25, 0.3) is 5.91 Å². The van der Waals surface area contributed by atoms with E-state index >= 15 is 0 Å². The molecule has 2 aromatic rings. The van der Waals surface area contributed by atoms with Crippen molar-refractivity contribution >= 4 is 43.4 Å². The zero-order valence-corrected chi connectivity index (χ0v) is 14.2. The Morgan fingerprint density at radius 1 is 1.52 bits per heavy atom. The monoisotopic (exact) mass is 368 g/mol. The highest BCUT2D eigenvalue weighted by Crippen LogP contribution is 2.27. The number of thiazole rings is 1. The van der Waals surface area contributed by atoms with E-state index in [1.165, 1.54) is 0 Å². The van der Waals surface area contributed by atoms with Crippen LogP contribution in [0.4, 0.5) is 0 Å². The average molecular weight is 369 g/mol. The fraction of sp³-hybridized carbons (Fsp3) is 0.467. The number of hydrogen-bond acceptors (Lipinski definition) is 3. The lowest BCUT2D eigenvalue weighted by Gasteiger charge is -2.20. The third-order valence-corrected chi connectivity index (χ3v) is 5.36. The Bertz CT molecular complexity index is 731. The molecule has 1 heterocycles. The third kappa shape index (κ3) is 3.12. The highest BCUT2D eigenvalue weighted by Gasteiger charge is 2.25. The van der Waals surface area contributed by atoms with Crippen LogP contribution < -0.4 is 4.80 Å². The van der Waals surface area contributed by atoms with Gasteiger partial charge in [0.15, 0.2) is 4.80 Å². The van der Waals surface area contributed by atoms with E-state index in [-0.39, 0.29) is 11.8 Å². The second kappa shape index (κ2) is 6.42. The van der Waals surface area contributed by atoms with Gasteiger partial charge in [0.1, 0.15) is 0 Å². The van der Waals surface area contributed by atoms with Gasteiger partial charge in [-0.1, -0.05) is 33.7 Å². The zero-order chi connectivity index (χ0) is 14.8. The van der Waals surface area contributed by atoms with Gasteiger partial charge in [-0.2, -0.15) is 4.99 Å². The molecule has 6 heteroatoms. The van der Waals surface area contributed by atoms with Crippen LogP contribution in [-0.2, 0) is 16.1 Å². The maximum atomic E-state index is 12.2. The Balaban J connectivity index is 2.06. The largest absolute Gasteiger partial charge is 0.383 e. The van der Waals surface area contributed by atoms with Crippen LogP contribution in [0.5, 0.6) is 0 Å². The quantitative estimate of drug-likeness (QED) is 0.830. The first kappa shape index (κ1) is 14.9. The molecule has 1 aromatic heterocycles. The van der Waals surface area contributed by atoms with E-state index in [0.29, 0.717) is 13.2 Å². The Morgan fingerprint density at radius 2 is 2.33 bits per heavy atom. The minimum absolute atomic E-state index is 0.0260. The van der Waals surface area contributed by atoms with E-state index in [2.05, 4.69) is 37.6 Å². The van der Waals surface area contributed by atoms with Gasteiger partial charge >= 0.3 is 0 Å². The van der Waals surface area contributed by atoms with Crippen molar-refractivity contribution in [1.82, 2.24) is 4.57 Å². The van der Waals surface area contributed by atoms with Crippen molar-refractivity contribution in [3.05, 3.63) is 27.5 Å². The number of rotatable bonds is 4. The highest BCUT2D eigenvalue weighted by molar-refractivity contribution is 9.10. The SMILES string of the molecule is COCCn1c(=NC(=O)C2CCC2)sc2cc(Br)ccc21. The number of methoxy groups -OCH3 is 1. The summed E-state index contributed by atoms with van der Waals surface area (Å²) in [5.41, 5.74) is 1.10. The second-order valence-corrected chi connectivity index (χ2v) is 7.14. The highest BCUT2D eigenvalue weighted by atomic mass is 79.9. The maximum absolute atomic E-state index is 12.2. The number of halogens is 1. The Morgan fingerprint density at radius 3 is 3.00 bits per heavy atom. The molecule has 1 fully saturated rings. The molecule has 4 nitrogen and oxygen atoms in total. The number of nitrogens with zero attached hydrogens (tertiary/aromatic N) is 2. The van der Waals surface area contributed by atoms with E-state index in [9.17, 15) is 4.79 Å². The van der Waals surface area contributed by atoms with Gasteiger partial charge in [0, 0.05) is 24.0 Å². The summed E-state index contributed by atoms with van der Waals surface area (Å²) in [6, 6.07) is 6.13. The van der Waals surface area contributed by atoms with Crippen molar-refractivity contribution in [1.29, 1.82) is 0 Å². The van der Waals surface area contributed by atoms with Crippen molar-refractivity contribution in [2.75, 3.05) is 13.7 Å². The van der Waals surface area contributed by atoms with Crippen molar-refractivity contribution in [3.8, 4) is 0 Å². The van der Waals surface area contributed by atoms with Crippen LogP contribution in [0.15, 0.2) is 27.7 Å². The summed E-state index contributed by atoms with van der Waals surface area (Å²) in [4.78, 5) is 17.3. The summed E-state index contributed by atoms with van der Waals surface area (Å²) in [7, 11) is 1.68. The molecule has 21 heavy (non-hydrogen) atoms. The Kier molecular flexibility index (Phi) is 4.57. The van der Waals surface area contributed by atoms with Gasteiger partial charge in [0.05, 0.1) is 16.8 Å². The van der Waals surface area contributed by atoms with Crippen LogP contribution in [0.2, 0.25) is 0 Å². The molecular formula is C15H17BrN2O2S. The van der Waals surface area contributed by atoms with Crippen LogP contribution in [-0.4, -0.2) is 24.2 Å². The minimum atomic E-state index is 0.0260. The van der Waals surface area contributed by atoms with Crippen LogP contribution in [0.3, 0.4) is 0 Å². The van der Waals surface area contributed by atoms with Gasteiger partial charge in [-0.25, -0.2) is 0 Å². The van der Waals surface area contributed by atoms with E-state index in [0.717, 1.165) is 38.8 Å². The molecule has 0 atom stereocenters. The van der Waals surface area contributed by atoms with Crippen LogP contribution in [0.25, 0.3) is 10.2 Å². The fourth-order valence-electron chi connectivity index (χ4n) is 2.37. The molecule has 1 saturated carbocycles. The minimum Gasteiger partial charge on any atom is -0.383 e. The molecule has 1 amide bonds. The molecule has 112 valence electrons. The molecule has 0 bridgehead atoms. The van der Waals surface area contributed by atoms with Gasteiger partial charge in [-0.15, -0.1) is 0 Å². The van der Waals surface area contributed by atoms with Crippen LogP contribution >= 0.6 is 27.3 Å². The normalized spacial score (nSPS) is 16.4. The molecule has 0 unspecified atom stereocenters. The van der Waals surface area contributed by atoms with Gasteiger partial charge < -0.3 is 9.30 Å².